The number of Topliss-reactive ketones (excluding diaryl/α,β-unsaturated/α-hetero) is 1. The first-order chi connectivity index (χ1) is 11.6. The van der Waals surface area contributed by atoms with Crippen LogP contribution in [0.4, 0.5) is 0 Å². The molecule has 4 nitrogen and oxygen atoms in total. The van der Waals surface area contributed by atoms with E-state index in [1.54, 1.807) is 6.08 Å². The number of benzene rings is 2. The summed E-state index contributed by atoms with van der Waals surface area (Å²) in [7, 11) is 0. The fourth-order valence-electron chi connectivity index (χ4n) is 2.37. The highest BCUT2D eigenvalue weighted by atomic mass is 16.2. The van der Waals surface area contributed by atoms with Gasteiger partial charge in [0.15, 0.2) is 5.78 Å². The van der Waals surface area contributed by atoms with Crippen LogP contribution in [-0.2, 0) is 16.0 Å². The van der Waals surface area contributed by atoms with E-state index in [1.165, 1.54) is 6.92 Å². The van der Waals surface area contributed by atoms with Crippen molar-refractivity contribution in [1.29, 1.82) is 5.26 Å². The van der Waals surface area contributed by atoms with Crippen molar-refractivity contribution in [1.82, 2.24) is 5.32 Å². The standard InChI is InChI=1S/C20H18N2O2/c1-15(23)22-19(13-17-10-6-3-7-11-17)20(24)18(14-21)12-16-8-4-2-5-9-16/h2-12,19H,13H2,1H3,(H,22,23)/b18-12-/t19-/m0/s1. The highest BCUT2D eigenvalue weighted by Gasteiger charge is 2.23. The number of nitrogens with one attached hydrogen (secondary N) is 1. The number of ketones is 1. The molecular weight excluding hydrogens is 300 g/mol. The van der Waals surface area contributed by atoms with Crippen LogP contribution in [0.15, 0.2) is 66.2 Å². The average molecular weight is 318 g/mol. The predicted octanol–water partition coefficient (Wildman–Crippen LogP) is 2.91. The summed E-state index contributed by atoms with van der Waals surface area (Å²) in [6, 6.07) is 19.7. The molecule has 0 unspecified atom stereocenters. The van der Waals surface area contributed by atoms with Crippen LogP contribution < -0.4 is 5.32 Å². The number of nitrogens with zero attached hydrogens (tertiary/aromatic N) is 1. The predicted molar refractivity (Wildman–Crippen MR) is 92.8 cm³/mol. The van der Waals surface area contributed by atoms with Crippen molar-refractivity contribution >= 4 is 17.8 Å². The topological polar surface area (TPSA) is 70.0 Å². The van der Waals surface area contributed by atoms with Crippen molar-refractivity contribution in [3.8, 4) is 6.07 Å². The van der Waals surface area contributed by atoms with E-state index in [9.17, 15) is 14.9 Å². The molecule has 0 spiro atoms. The zero-order valence-electron chi connectivity index (χ0n) is 13.4. The van der Waals surface area contributed by atoms with Crippen LogP contribution in [0.3, 0.4) is 0 Å². The van der Waals surface area contributed by atoms with Crippen molar-refractivity contribution in [3.63, 3.8) is 0 Å². The van der Waals surface area contributed by atoms with Gasteiger partial charge in [0.2, 0.25) is 5.91 Å². The number of carbonyl (C=O) groups excluding carboxylic acids is 2. The maximum Gasteiger partial charge on any atom is 0.217 e. The maximum atomic E-state index is 12.7. The van der Waals surface area contributed by atoms with Gasteiger partial charge < -0.3 is 5.32 Å². The van der Waals surface area contributed by atoms with Crippen LogP contribution in [0.25, 0.3) is 6.08 Å². The average Bonchev–Trinajstić information content (AvgIpc) is 2.60. The molecule has 2 aromatic rings. The third kappa shape index (κ3) is 4.92. The zero-order valence-corrected chi connectivity index (χ0v) is 13.4. The Bertz CT molecular complexity index is 774. The first kappa shape index (κ1) is 17.2. The van der Waals surface area contributed by atoms with Gasteiger partial charge in [-0.25, -0.2) is 0 Å². The highest BCUT2D eigenvalue weighted by molar-refractivity contribution is 6.07. The molecule has 1 N–H and O–H groups in total. The molecule has 2 aromatic carbocycles. The Morgan fingerprint density at radius 1 is 1.08 bits per heavy atom. The van der Waals surface area contributed by atoms with E-state index in [2.05, 4.69) is 5.32 Å². The molecule has 24 heavy (non-hydrogen) atoms. The Morgan fingerprint density at radius 2 is 1.67 bits per heavy atom. The molecule has 0 aliphatic heterocycles. The monoisotopic (exact) mass is 318 g/mol. The first-order valence-corrected chi connectivity index (χ1v) is 7.62. The second kappa shape index (κ2) is 8.44. The fourth-order valence-corrected chi connectivity index (χ4v) is 2.37. The third-order valence-electron chi connectivity index (χ3n) is 3.47. The molecule has 1 amide bonds. The molecule has 1 atom stereocenters. The van der Waals surface area contributed by atoms with E-state index in [0.717, 1.165) is 11.1 Å². The van der Waals surface area contributed by atoms with Crippen LogP contribution in [0.1, 0.15) is 18.1 Å². The van der Waals surface area contributed by atoms with E-state index in [0.29, 0.717) is 6.42 Å². The zero-order chi connectivity index (χ0) is 17.4. The summed E-state index contributed by atoms with van der Waals surface area (Å²) < 4.78 is 0. The summed E-state index contributed by atoms with van der Waals surface area (Å²) in [5.74, 6) is -0.693. The van der Waals surface area contributed by atoms with Gasteiger partial charge in [-0.2, -0.15) is 5.26 Å². The lowest BCUT2D eigenvalue weighted by molar-refractivity contribution is -0.124. The quantitative estimate of drug-likeness (QED) is 0.657. The van der Waals surface area contributed by atoms with Gasteiger partial charge in [0.25, 0.3) is 0 Å². The first-order valence-electron chi connectivity index (χ1n) is 7.62. The van der Waals surface area contributed by atoms with Crippen LogP contribution in [0.5, 0.6) is 0 Å². The Labute approximate surface area is 141 Å². The molecular formula is C20H18N2O2. The van der Waals surface area contributed by atoms with Gasteiger partial charge in [-0.15, -0.1) is 0 Å². The number of hydrogen-bond acceptors (Lipinski definition) is 3. The third-order valence-corrected chi connectivity index (χ3v) is 3.47. The van der Waals surface area contributed by atoms with Gasteiger partial charge in [-0.3, -0.25) is 9.59 Å². The number of amides is 1. The van der Waals surface area contributed by atoms with Crippen LogP contribution in [0, 0.1) is 11.3 Å². The summed E-state index contributed by atoms with van der Waals surface area (Å²) in [4.78, 5) is 24.2. The number of rotatable bonds is 6. The van der Waals surface area contributed by atoms with Gasteiger partial charge in [0.05, 0.1) is 11.6 Å². The van der Waals surface area contributed by atoms with Gasteiger partial charge in [-0.1, -0.05) is 60.7 Å². The summed E-state index contributed by atoms with van der Waals surface area (Å²) in [6.45, 7) is 1.36. The second-order valence-electron chi connectivity index (χ2n) is 5.39. The van der Waals surface area contributed by atoms with Crippen LogP contribution in [0.2, 0.25) is 0 Å². The van der Waals surface area contributed by atoms with Crippen molar-refractivity contribution in [3.05, 3.63) is 77.4 Å². The highest BCUT2D eigenvalue weighted by Crippen LogP contribution is 2.12. The Kier molecular flexibility index (Phi) is 6.04. The lowest BCUT2D eigenvalue weighted by Gasteiger charge is -2.16. The molecule has 0 fully saturated rings. The number of hydrogen-bond donors (Lipinski definition) is 1. The van der Waals surface area contributed by atoms with Gasteiger partial charge >= 0.3 is 0 Å². The van der Waals surface area contributed by atoms with Gasteiger partial charge in [0, 0.05) is 13.3 Å². The molecule has 4 heteroatoms. The molecule has 0 aromatic heterocycles. The maximum absolute atomic E-state index is 12.7. The summed E-state index contributed by atoms with van der Waals surface area (Å²) >= 11 is 0. The lowest BCUT2D eigenvalue weighted by atomic mass is 9.96. The minimum absolute atomic E-state index is 0.0240. The molecule has 2 rings (SSSR count). The second-order valence-corrected chi connectivity index (χ2v) is 5.39. The van der Waals surface area contributed by atoms with Crippen LogP contribution >= 0.6 is 0 Å². The Morgan fingerprint density at radius 3 is 2.21 bits per heavy atom. The van der Waals surface area contributed by atoms with Crippen LogP contribution in [-0.4, -0.2) is 17.7 Å². The molecule has 0 heterocycles. The van der Waals surface area contributed by atoms with Crippen molar-refractivity contribution in [2.75, 3.05) is 0 Å². The molecule has 120 valence electrons. The van der Waals surface area contributed by atoms with E-state index >= 15 is 0 Å². The van der Waals surface area contributed by atoms with Crippen molar-refractivity contribution in [2.24, 2.45) is 0 Å². The lowest BCUT2D eigenvalue weighted by Crippen LogP contribution is -2.41. The fraction of sp³-hybridized carbons (Fsp3) is 0.150. The molecule has 0 radical (unpaired) electrons. The Hall–Kier alpha value is -3.19. The molecule has 0 saturated heterocycles. The van der Waals surface area contributed by atoms with E-state index in [4.69, 9.17) is 0 Å². The largest absolute Gasteiger partial charge is 0.346 e. The van der Waals surface area contributed by atoms with Gasteiger partial charge in [0.1, 0.15) is 6.07 Å². The normalized spacial score (nSPS) is 12.1. The van der Waals surface area contributed by atoms with Crippen molar-refractivity contribution in [2.45, 2.75) is 19.4 Å². The van der Waals surface area contributed by atoms with E-state index in [-0.39, 0.29) is 17.3 Å². The summed E-state index contributed by atoms with van der Waals surface area (Å²) in [5.41, 5.74) is 1.71. The molecule has 0 bridgehead atoms. The smallest absolute Gasteiger partial charge is 0.217 e. The SMILES string of the molecule is CC(=O)N[C@@H](Cc1ccccc1)C(=O)/C(C#N)=C\c1ccccc1. The van der Waals surface area contributed by atoms with E-state index in [1.807, 2.05) is 66.7 Å². The van der Waals surface area contributed by atoms with Crippen molar-refractivity contribution < 1.29 is 9.59 Å². The number of nitriles is 1. The molecule has 0 aliphatic rings. The molecule has 0 aliphatic carbocycles. The van der Waals surface area contributed by atoms with E-state index < -0.39 is 6.04 Å². The summed E-state index contributed by atoms with van der Waals surface area (Å²) in [6.07, 6.45) is 1.88. The number of carbonyl (C=O) groups is 2. The molecule has 0 saturated carbocycles. The minimum Gasteiger partial charge on any atom is -0.346 e. The Balaban J connectivity index is 2.27. The van der Waals surface area contributed by atoms with Gasteiger partial charge in [-0.05, 0) is 17.2 Å². The minimum atomic E-state index is -0.764. The summed E-state index contributed by atoms with van der Waals surface area (Å²) in [5, 5.41) is 12.0.